The van der Waals surface area contributed by atoms with Crippen molar-refractivity contribution in [1.82, 2.24) is 10.6 Å². The van der Waals surface area contributed by atoms with Gasteiger partial charge in [-0.15, -0.1) is 11.6 Å². The number of ketones is 1. The van der Waals surface area contributed by atoms with E-state index in [0.29, 0.717) is 6.54 Å². The highest BCUT2D eigenvalue weighted by Gasteiger charge is 2.21. The van der Waals surface area contributed by atoms with Crippen LogP contribution in [0.4, 0.5) is 4.79 Å². The number of amides is 3. The van der Waals surface area contributed by atoms with E-state index in [9.17, 15) is 14.4 Å². The molecule has 1 atom stereocenters. The summed E-state index contributed by atoms with van der Waals surface area (Å²) in [6, 6.07) is -1.44. The van der Waals surface area contributed by atoms with Crippen molar-refractivity contribution in [2.45, 2.75) is 45.1 Å². The predicted molar refractivity (Wildman–Crippen MR) is 74.0 cm³/mol. The summed E-state index contributed by atoms with van der Waals surface area (Å²) in [5, 5.41) is 5.03. The second-order valence-electron chi connectivity index (χ2n) is 4.28. The molecule has 0 aromatic rings. The molecule has 0 bridgehead atoms. The lowest BCUT2D eigenvalue weighted by atomic mass is 10.1. The van der Waals surface area contributed by atoms with Crippen LogP contribution in [-0.2, 0) is 9.59 Å². The highest BCUT2D eigenvalue weighted by Crippen LogP contribution is 1.98. The molecule has 0 fully saturated rings. The number of hydrogen-bond donors (Lipinski definition) is 3. The molecule has 0 aromatic carbocycles. The minimum atomic E-state index is -0.953. The summed E-state index contributed by atoms with van der Waals surface area (Å²) in [7, 11) is 0. The first-order chi connectivity index (χ1) is 9.01. The Morgan fingerprint density at radius 3 is 2.42 bits per heavy atom. The molecule has 0 saturated heterocycles. The van der Waals surface area contributed by atoms with Crippen LogP contribution in [0.1, 0.15) is 39.0 Å². The topological polar surface area (TPSA) is 101 Å². The Morgan fingerprint density at radius 1 is 1.21 bits per heavy atom. The van der Waals surface area contributed by atoms with Gasteiger partial charge in [-0.1, -0.05) is 26.2 Å². The van der Waals surface area contributed by atoms with Crippen molar-refractivity contribution in [3.63, 3.8) is 0 Å². The fourth-order valence-electron chi connectivity index (χ4n) is 1.50. The fraction of sp³-hybridized carbons (Fsp3) is 0.750. The summed E-state index contributed by atoms with van der Waals surface area (Å²) in [4.78, 5) is 33.7. The average Bonchev–Trinajstić information content (AvgIpc) is 2.36. The third kappa shape index (κ3) is 9.30. The van der Waals surface area contributed by atoms with Gasteiger partial charge in [-0.25, -0.2) is 4.79 Å². The summed E-state index contributed by atoms with van der Waals surface area (Å²) in [6.07, 6.45) is 3.93. The number of rotatable bonds is 10. The van der Waals surface area contributed by atoms with Gasteiger partial charge in [0.1, 0.15) is 0 Å². The van der Waals surface area contributed by atoms with E-state index >= 15 is 0 Å². The average molecular weight is 292 g/mol. The Kier molecular flexibility index (Phi) is 9.88. The lowest BCUT2D eigenvalue weighted by molar-refractivity contribution is -0.124. The van der Waals surface area contributed by atoms with Gasteiger partial charge in [0.05, 0.1) is 18.3 Å². The summed E-state index contributed by atoms with van der Waals surface area (Å²) in [5.41, 5.74) is 5.01. The lowest BCUT2D eigenvalue weighted by Gasteiger charge is -2.15. The highest BCUT2D eigenvalue weighted by atomic mass is 35.5. The van der Waals surface area contributed by atoms with E-state index in [1.54, 1.807) is 0 Å². The molecule has 0 aliphatic rings. The van der Waals surface area contributed by atoms with Crippen LogP contribution in [0.3, 0.4) is 0 Å². The van der Waals surface area contributed by atoms with Crippen LogP contribution >= 0.6 is 11.6 Å². The number of hydrogen-bond acceptors (Lipinski definition) is 3. The van der Waals surface area contributed by atoms with Crippen LogP contribution in [0.15, 0.2) is 0 Å². The molecule has 0 aliphatic carbocycles. The third-order valence-electron chi connectivity index (χ3n) is 2.55. The zero-order valence-corrected chi connectivity index (χ0v) is 12.0. The first-order valence-electron chi connectivity index (χ1n) is 6.42. The van der Waals surface area contributed by atoms with E-state index in [0.717, 1.165) is 25.7 Å². The van der Waals surface area contributed by atoms with Crippen LogP contribution in [0.2, 0.25) is 0 Å². The monoisotopic (exact) mass is 291 g/mol. The minimum absolute atomic E-state index is 0.241. The van der Waals surface area contributed by atoms with Crippen LogP contribution in [0.5, 0.6) is 0 Å². The van der Waals surface area contributed by atoms with Gasteiger partial charge >= 0.3 is 6.03 Å². The molecule has 110 valence electrons. The Bertz CT molecular complexity index is 311. The van der Waals surface area contributed by atoms with Gasteiger partial charge in [-0.05, 0) is 6.42 Å². The van der Waals surface area contributed by atoms with Gasteiger partial charge in [0.25, 0.3) is 0 Å². The van der Waals surface area contributed by atoms with Crippen molar-refractivity contribution in [1.29, 1.82) is 0 Å². The van der Waals surface area contributed by atoms with Gasteiger partial charge in [0.15, 0.2) is 5.78 Å². The third-order valence-corrected chi connectivity index (χ3v) is 2.81. The summed E-state index contributed by atoms with van der Waals surface area (Å²) >= 11 is 5.40. The van der Waals surface area contributed by atoms with Gasteiger partial charge in [-0.2, -0.15) is 0 Å². The number of carbonyl (C=O) groups is 3. The van der Waals surface area contributed by atoms with Crippen LogP contribution in [0.25, 0.3) is 0 Å². The molecule has 7 heteroatoms. The number of urea groups is 1. The molecule has 0 aliphatic heterocycles. The molecule has 0 saturated carbocycles. The number of primary amides is 1. The van der Waals surface area contributed by atoms with Crippen molar-refractivity contribution in [3.05, 3.63) is 0 Å². The smallest absolute Gasteiger partial charge is 0.315 e. The van der Waals surface area contributed by atoms with E-state index in [2.05, 4.69) is 17.6 Å². The molecule has 4 N–H and O–H groups in total. The first-order valence-corrected chi connectivity index (χ1v) is 6.96. The fourth-order valence-corrected chi connectivity index (χ4v) is 1.69. The molecule has 0 rings (SSSR count). The van der Waals surface area contributed by atoms with Crippen LogP contribution < -0.4 is 16.4 Å². The highest BCUT2D eigenvalue weighted by molar-refractivity contribution is 6.28. The van der Waals surface area contributed by atoms with E-state index in [-0.39, 0.29) is 12.3 Å². The summed E-state index contributed by atoms with van der Waals surface area (Å²) in [6.45, 7) is 2.64. The molecule has 3 amide bonds. The summed E-state index contributed by atoms with van der Waals surface area (Å²) < 4.78 is 0. The molecule has 0 heterocycles. The van der Waals surface area contributed by atoms with Gasteiger partial charge < -0.3 is 16.4 Å². The zero-order chi connectivity index (χ0) is 14.7. The molecule has 19 heavy (non-hydrogen) atoms. The summed E-state index contributed by atoms with van der Waals surface area (Å²) in [5.74, 6) is -1.36. The van der Waals surface area contributed by atoms with E-state index < -0.39 is 23.8 Å². The van der Waals surface area contributed by atoms with Crippen LogP contribution in [0, 0.1) is 0 Å². The number of nitrogens with two attached hydrogens (primary N) is 1. The number of Topliss-reactive ketones (excluding diaryl/α,β-unsaturated/α-hetero) is 1. The molecule has 0 unspecified atom stereocenters. The Balaban J connectivity index is 4.02. The standard InChI is InChI=1S/C12H22ClN3O3/c1-2-3-4-5-6-15-12(19)16-9(7-11(14)18)10(17)8-13/h9H,2-8H2,1H3,(H2,14,18)(H2,15,16,19)/t9-/m1/s1. The van der Waals surface area contributed by atoms with Crippen molar-refractivity contribution < 1.29 is 14.4 Å². The normalized spacial score (nSPS) is 11.7. The minimum Gasteiger partial charge on any atom is -0.370 e. The maximum Gasteiger partial charge on any atom is 0.315 e. The maximum absolute atomic E-state index is 11.5. The quantitative estimate of drug-likeness (QED) is 0.412. The first kappa shape index (κ1) is 17.7. The Labute approximate surface area is 118 Å². The van der Waals surface area contributed by atoms with Crippen molar-refractivity contribution in [3.8, 4) is 0 Å². The number of halogens is 1. The second kappa shape index (κ2) is 10.6. The van der Waals surface area contributed by atoms with Crippen molar-refractivity contribution in [2.24, 2.45) is 5.73 Å². The zero-order valence-electron chi connectivity index (χ0n) is 11.2. The van der Waals surface area contributed by atoms with Crippen molar-refractivity contribution in [2.75, 3.05) is 12.4 Å². The maximum atomic E-state index is 11.5. The number of carbonyl (C=O) groups excluding carboxylic acids is 3. The molecule has 6 nitrogen and oxygen atoms in total. The molecular formula is C12H22ClN3O3. The largest absolute Gasteiger partial charge is 0.370 e. The predicted octanol–water partition coefficient (Wildman–Crippen LogP) is 0.918. The molecule has 0 aromatic heterocycles. The number of alkyl halides is 1. The Hall–Kier alpha value is -1.30. The second-order valence-corrected chi connectivity index (χ2v) is 4.55. The Morgan fingerprint density at radius 2 is 1.89 bits per heavy atom. The number of nitrogens with one attached hydrogen (secondary N) is 2. The van der Waals surface area contributed by atoms with Gasteiger partial charge in [0, 0.05) is 6.54 Å². The SMILES string of the molecule is CCCCCCNC(=O)N[C@H](CC(N)=O)C(=O)CCl. The van der Waals surface area contributed by atoms with Crippen LogP contribution in [-0.4, -0.2) is 36.2 Å². The van der Waals surface area contributed by atoms with E-state index in [4.69, 9.17) is 17.3 Å². The van der Waals surface area contributed by atoms with Crippen molar-refractivity contribution >= 4 is 29.3 Å². The molecule has 0 spiro atoms. The van der Waals surface area contributed by atoms with E-state index in [1.165, 1.54) is 0 Å². The van der Waals surface area contributed by atoms with Gasteiger partial charge in [0.2, 0.25) is 5.91 Å². The number of unbranched alkanes of at least 4 members (excludes halogenated alkanes) is 3. The van der Waals surface area contributed by atoms with Gasteiger partial charge in [-0.3, -0.25) is 9.59 Å². The van der Waals surface area contributed by atoms with E-state index in [1.807, 2.05) is 0 Å². The molecular weight excluding hydrogens is 270 g/mol. The lowest BCUT2D eigenvalue weighted by Crippen LogP contribution is -2.48. The molecule has 0 radical (unpaired) electrons.